The third kappa shape index (κ3) is 4.53. The maximum atomic E-state index is 12.9. The smallest absolute Gasteiger partial charge is 0.235 e. The first-order chi connectivity index (χ1) is 12.8. The zero-order valence-electron chi connectivity index (χ0n) is 16.0. The van der Waals surface area contributed by atoms with Crippen LogP contribution in [-0.2, 0) is 9.59 Å². The number of piperidine rings is 1. The van der Waals surface area contributed by atoms with Crippen molar-refractivity contribution in [2.75, 3.05) is 13.1 Å². The van der Waals surface area contributed by atoms with Crippen molar-refractivity contribution in [2.45, 2.75) is 44.0 Å². The molecule has 0 bridgehead atoms. The van der Waals surface area contributed by atoms with Gasteiger partial charge in [0.15, 0.2) is 5.16 Å². The monoisotopic (exact) mass is 386 g/mol. The highest BCUT2D eigenvalue weighted by Gasteiger charge is 2.30. The van der Waals surface area contributed by atoms with Crippen molar-refractivity contribution in [2.24, 2.45) is 11.7 Å². The van der Waals surface area contributed by atoms with Crippen molar-refractivity contribution in [1.82, 2.24) is 14.5 Å². The predicted octanol–water partition coefficient (Wildman–Crippen LogP) is 2.69. The minimum atomic E-state index is -0.321. The highest BCUT2D eigenvalue weighted by Crippen LogP contribution is 2.28. The molecule has 1 fully saturated rings. The van der Waals surface area contributed by atoms with E-state index in [9.17, 15) is 9.59 Å². The number of benzene rings is 1. The van der Waals surface area contributed by atoms with Crippen molar-refractivity contribution < 1.29 is 9.59 Å². The molecule has 2 N–H and O–H groups in total. The first-order valence-electron chi connectivity index (χ1n) is 9.22. The van der Waals surface area contributed by atoms with Crippen LogP contribution in [0.3, 0.4) is 0 Å². The lowest BCUT2D eigenvalue weighted by atomic mass is 9.97. The lowest BCUT2D eigenvalue weighted by Gasteiger charge is -2.32. The standard InChI is InChI=1S/C20H26N4O2S/c1-13-9-14(2)11-17(10-13)24-8-6-22-20(24)27-15(3)19(26)23-7-4-5-16(12-23)18(21)25/h6,8-11,15-16H,4-5,7,12H2,1-3H3,(H2,21,25). The number of nitrogens with zero attached hydrogens (tertiary/aromatic N) is 3. The quantitative estimate of drug-likeness (QED) is 0.801. The fourth-order valence-electron chi connectivity index (χ4n) is 3.54. The molecule has 2 aromatic rings. The van der Waals surface area contributed by atoms with Crippen molar-refractivity contribution in [3.63, 3.8) is 0 Å². The summed E-state index contributed by atoms with van der Waals surface area (Å²) in [6.45, 7) is 7.13. The number of thioether (sulfide) groups is 1. The van der Waals surface area contributed by atoms with Gasteiger partial charge in [-0.1, -0.05) is 17.8 Å². The van der Waals surface area contributed by atoms with Crippen LogP contribution in [0.15, 0.2) is 35.7 Å². The Bertz CT molecular complexity index is 828. The zero-order valence-corrected chi connectivity index (χ0v) is 16.8. The number of aryl methyl sites for hydroxylation is 2. The summed E-state index contributed by atoms with van der Waals surface area (Å²) in [5.41, 5.74) is 8.84. The Morgan fingerprint density at radius 2 is 1.96 bits per heavy atom. The number of amides is 2. The fourth-order valence-corrected chi connectivity index (χ4v) is 4.51. The van der Waals surface area contributed by atoms with Gasteiger partial charge in [-0.05, 0) is 56.9 Å². The van der Waals surface area contributed by atoms with Crippen LogP contribution >= 0.6 is 11.8 Å². The number of hydrogen-bond acceptors (Lipinski definition) is 4. The molecule has 2 unspecified atom stereocenters. The van der Waals surface area contributed by atoms with Gasteiger partial charge in [-0.2, -0.15) is 0 Å². The third-order valence-electron chi connectivity index (χ3n) is 4.86. The number of carbonyl (C=O) groups is 2. The summed E-state index contributed by atoms with van der Waals surface area (Å²) in [6, 6.07) is 6.34. The molecule has 1 aromatic heterocycles. The Balaban J connectivity index is 1.73. The van der Waals surface area contributed by atoms with E-state index in [2.05, 4.69) is 37.0 Å². The van der Waals surface area contributed by atoms with Gasteiger partial charge in [0.05, 0.1) is 11.2 Å². The number of imidazole rings is 1. The molecule has 0 saturated carbocycles. The molecule has 0 spiro atoms. The average Bonchev–Trinajstić information content (AvgIpc) is 3.08. The summed E-state index contributed by atoms with van der Waals surface area (Å²) in [7, 11) is 0. The molecular weight excluding hydrogens is 360 g/mol. The van der Waals surface area contributed by atoms with E-state index in [1.807, 2.05) is 17.7 Å². The highest BCUT2D eigenvalue weighted by atomic mass is 32.2. The molecule has 2 heterocycles. The van der Waals surface area contributed by atoms with Gasteiger partial charge < -0.3 is 10.6 Å². The Kier molecular flexibility index (Phi) is 5.89. The Morgan fingerprint density at radius 1 is 1.26 bits per heavy atom. The van der Waals surface area contributed by atoms with Crippen molar-refractivity contribution in [1.29, 1.82) is 0 Å². The van der Waals surface area contributed by atoms with Crippen LogP contribution in [0.2, 0.25) is 0 Å². The zero-order chi connectivity index (χ0) is 19.6. The molecule has 0 aliphatic carbocycles. The van der Waals surface area contributed by atoms with Gasteiger partial charge in [0.1, 0.15) is 0 Å². The Morgan fingerprint density at radius 3 is 2.63 bits per heavy atom. The van der Waals surface area contributed by atoms with E-state index in [-0.39, 0.29) is 23.0 Å². The van der Waals surface area contributed by atoms with Crippen LogP contribution in [-0.4, -0.2) is 44.6 Å². The summed E-state index contributed by atoms with van der Waals surface area (Å²) < 4.78 is 2.01. The van der Waals surface area contributed by atoms with Crippen LogP contribution < -0.4 is 5.73 Å². The molecule has 7 heteroatoms. The van der Waals surface area contributed by atoms with Gasteiger partial charge in [0.2, 0.25) is 11.8 Å². The first-order valence-corrected chi connectivity index (χ1v) is 10.1. The molecule has 1 aliphatic heterocycles. The van der Waals surface area contributed by atoms with Crippen LogP contribution in [0, 0.1) is 19.8 Å². The number of nitrogens with two attached hydrogens (primary N) is 1. The van der Waals surface area contributed by atoms with E-state index < -0.39 is 0 Å². The molecule has 1 saturated heterocycles. The van der Waals surface area contributed by atoms with Gasteiger partial charge in [-0.25, -0.2) is 4.98 Å². The molecule has 1 aromatic carbocycles. The van der Waals surface area contributed by atoms with Crippen LogP contribution in [0.25, 0.3) is 5.69 Å². The third-order valence-corrected chi connectivity index (χ3v) is 5.92. The molecule has 144 valence electrons. The molecule has 1 aliphatic rings. The maximum Gasteiger partial charge on any atom is 0.235 e. The molecule has 2 atom stereocenters. The summed E-state index contributed by atoms with van der Waals surface area (Å²) >= 11 is 1.44. The van der Waals surface area contributed by atoms with Crippen molar-refractivity contribution in [3.8, 4) is 5.69 Å². The van der Waals surface area contributed by atoms with Crippen molar-refractivity contribution in [3.05, 3.63) is 41.7 Å². The maximum absolute atomic E-state index is 12.9. The summed E-state index contributed by atoms with van der Waals surface area (Å²) in [5.74, 6) is -0.531. The first kappa shape index (κ1) is 19.5. The lowest BCUT2D eigenvalue weighted by Crippen LogP contribution is -2.46. The Labute approximate surface area is 164 Å². The topological polar surface area (TPSA) is 81.2 Å². The summed E-state index contributed by atoms with van der Waals surface area (Å²) in [6.07, 6.45) is 5.24. The van der Waals surface area contributed by atoms with Crippen LogP contribution in [0.5, 0.6) is 0 Å². The predicted molar refractivity (Wildman–Crippen MR) is 107 cm³/mol. The molecule has 0 radical (unpaired) electrons. The van der Waals surface area contributed by atoms with E-state index in [0.29, 0.717) is 13.1 Å². The van der Waals surface area contributed by atoms with Crippen LogP contribution in [0.1, 0.15) is 30.9 Å². The SMILES string of the molecule is Cc1cc(C)cc(-n2ccnc2SC(C)C(=O)N2CCCC(C(N)=O)C2)c1. The minimum absolute atomic E-state index is 0.0286. The van der Waals surface area contributed by atoms with Gasteiger partial charge >= 0.3 is 0 Å². The minimum Gasteiger partial charge on any atom is -0.369 e. The Hall–Kier alpha value is -2.28. The number of carbonyl (C=O) groups excluding carboxylic acids is 2. The van der Waals surface area contributed by atoms with E-state index in [4.69, 9.17) is 5.73 Å². The van der Waals surface area contributed by atoms with E-state index >= 15 is 0 Å². The van der Waals surface area contributed by atoms with Crippen molar-refractivity contribution >= 4 is 23.6 Å². The second-order valence-corrected chi connectivity index (χ2v) is 8.52. The fraction of sp³-hybridized carbons (Fsp3) is 0.450. The summed E-state index contributed by atoms with van der Waals surface area (Å²) in [4.78, 5) is 30.5. The number of hydrogen-bond donors (Lipinski definition) is 1. The second kappa shape index (κ2) is 8.17. The van der Waals surface area contributed by atoms with Gasteiger partial charge in [0, 0.05) is 31.2 Å². The number of aromatic nitrogens is 2. The van der Waals surface area contributed by atoms with Gasteiger partial charge in [-0.3, -0.25) is 14.2 Å². The molecule has 2 amide bonds. The molecule has 27 heavy (non-hydrogen) atoms. The number of primary amides is 1. The second-order valence-electron chi connectivity index (χ2n) is 7.21. The molecule has 3 rings (SSSR count). The number of likely N-dealkylation sites (tertiary alicyclic amines) is 1. The lowest BCUT2D eigenvalue weighted by molar-refractivity contribution is -0.134. The van der Waals surface area contributed by atoms with E-state index in [1.54, 1.807) is 11.1 Å². The highest BCUT2D eigenvalue weighted by molar-refractivity contribution is 8.00. The van der Waals surface area contributed by atoms with E-state index in [1.165, 1.54) is 22.9 Å². The largest absolute Gasteiger partial charge is 0.369 e. The molecular formula is C20H26N4O2S. The van der Waals surface area contributed by atoms with Gasteiger partial charge in [-0.15, -0.1) is 0 Å². The van der Waals surface area contributed by atoms with Crippen LogP contribution in [0.4, 0.5) is 0 Å². The van der Waals surface area contributed by atoms with Gasteiger partial charge in [0.25, 0.3) is 0 Å². The number of rotatable bonds is 5. The normalized spacial score (nSPS) is 18.3. The summed E-state index contributed by atoms with van der Waals surface area (Å²) in [5, 5.41) is 0.494. The molecule has 6 nitrogen and oxygen atoms in total. The average molecular weight is 387 g/mol. The van der Waals surface area contributed by atoms with E-state index in [0.717, 1.165) is 23.7 Å².